The normalized spacial score (nSPS) is 17.6. The van der Waals surface area contributed by atoms with Crippen LogP contribution in [0.1, 0.15) is 38.7 Å². The van der Waals surface area contributed by atoms with Crippen LogP contribution in [0.3, 0.4) is 0 Å². The van der Waals surface area contributed by atoms with Gasteiger partial charge in [0, 0.05) is 74.9 Å². The monoisotopic (exact) mass is 832 g/mol. The first-order chi connectivity index (χ1) is 29.4. The van der Waals surface area contributed by atoms with Gasteiger partial charge in [-0.25, -0.2) is 19.9 Å². The highest BCUT2D eigenvalue weighted by Gasteiger charge is 2.23. The first-order valence-corrected chi connectivity index (χ1v) is 21.2. The quantitative estimate of drug-likeness (QED) is 0.0889. The molecular formula is C44H65N9O7. The van der Waals surface area contributed by atoms with Gasteiger partial charge < -0.3 is 60.1 Å². The molecule has 3 aliphatic rings. The largest absolute Gasteiger partial charge is 0.491 e. The number of rotatable bonds is 17. The molecule has 2 aromatic carbocycles. The fourth-order valence-corrected chi connectivity index (χ4v) is 6.75. The van der Waals surface area contributed by atoms with Crippen molar-refractivity contribution in [3.63, 3.8) is 0 Å². The Balaban J connectivity index is 0.000000223. The molecule has 60 heavy (non-hydrogen) atoms. The molecular weight excluding hydrogens is 767 g/mol. The number of nitrogens with one attached hydrogen (secondary N) is 4. The van der Waals surface area contributed by atoms with Crippen molar-refractivity contribution in [1.29, 1.82) is 0 Å². The zero-order chi connectivity index (χ0) is 42.5. The number of benzene rings is 2. The van der Waals surface area contributed by atoms with E-state index in [-0.39, 0.29) is 19.3 Å². The van der Waals surface area contributed by atoms with E-state index in [1.165, 1.54) is 0 Å². The lowest BCUT2D eigenvalue weighted by Gasteiger charge is -2.30. The second-order valence-electron chi connectivity index (χ2n) is 14.5. The van der Waals surface area contributed by atoms with Gasteiger partial charge in [0.1, 0.15) is 54.4 Å². The third-order valence-corrected chi connectivity index (χ3v) is 9.88. The number of aliphatic hydroxyl groups is 2. The van der Waals surface area contributed by atoms with Crippen molar-refractivity contribution in [3.8, 4) is 34.3 Å². The second kappa shape index (κ2) is 25.2. The first kappa shape index (κ1) is 46.4. The summed E-state index contributed by atoms with van der Waals surface area (Å²) < 4.78 is 27.9. The molecule has 0 radical (unpaired) electrons. The van der Waals surface area contributed by atoms with E-state index in [1.807, 2.05) is 68.4 Å². The average molecular weight is 832 g/mol. The summed E-state index contributed by atoms with van der Waals surface area (Å²) in [5.74, 6) is 5.22. The van der Waals surface area contributed by atoms with Crippen molar-refractivity contribution < 1.29 is 33.9 Å². The molecule has 3 saturated heterocycles. The van der Waals surface area contributed by atoms with E-state index >= 15 is 0 Å². The van der Waals surface area contributed by atoms with Gasteiger partial charge in [0.2, 0.25) is 0 Å². The lowest BCUT2D eigenvalue weighted by atomic mass is 10.1. The Hall–Kier alpha value is -4.68. The highest BCUT2D eigenvalue weighted by molar-refractivity contribution is 5.67. The molecule has 3 atom stereocenters. The molecule has 0 bridgehead atoms. The SMILES string of the molecule is CC.CNCC(O)COc1cccc(-c2nc(NC3CCOC3)c(C)c(N3CCOCC3)n2)c1.CNCC(O)COc1cccc(-c2nccc(NC3CCOCC3)n2)c1. The summed E-state index contributed by atoms with van der Waals surface area (Å²) in [4.78, 5) is 21.1. The molecule has 5 heterocycles. The Kier molecular flexibility index (Phi) is 19.5. The number of hydrogen-bond acceptors (Lipinski definition) is 16. The van der Waals surface area contributed by atoms with Crippen LogP contribution >= 0.6 is 0 Å². The minimum atomic E-state index is -0.573. The van der Waals surface area contributed by atoms with E-state index in [0.29, 0.717) is 62.1 Å². The van der Waals surface area contributed by atoms with E-state index in [4.69, 9.17) is 33.7 Å². The van der Waals surface area contributed by atoms with Gasteiger partial charge in [-0.2, -0.15) is 0 Å². The van der Waals surface area contributed by atoms with E-state index in [2.05, 4.69) is 43.1 Å². The molecule has 16 nitrogen and oxygen atoms in total. The predicted molar refractivity (Wildman–Crippen MR) is 235 cm³/mol. The van der Waals surface area contributed by atoms with Gasteiger partial charge in [0.25, 0.3) is 0 Å². The van der Waals surface area contributed by atoms with E-state index < -0.39 is 12.2 Å². The Morgan fingerprint density at radius 2 is 1.30 bits per heavy atom. The summed E-state index contributed by atoms with van der Waals surface area (Å²) in [5, 5.41) is 32.6. The minimum absolute atomic E-state index is 0.215. The van der Waals surface area contributed by atoms with Gasteiger partial charge >= 0.3 is 0 Å². The molecule has 328 valence electrons. The summed E-state index contributed by atoms with van der Waals surface area (Å²) in [6, 6.07) is 17.8. The second-order valence-corrected chi connectivity index (χ2v) is 14.5. The van der Waals surface area contributed by atoms with Crippen LogP contribution < -0.4 is 35.6 Å². The lowest BCUT2D eigenvalue weighted by molar-refractivity contribution is 0.0904. The number of anilines is 3. The van der Waals surface area contributed by atoms with Crippen LogP contribution in [0.5, 0.6) is 11.5 Å². The van der Waals surface area contributed by atoms with Crippen LogP contribution in [0.2, 0.25) is 0 Å². The van der Waals surface area contributed by atoms with Crippen molar-refractivity contribution in [2.75, 3.05) is 109 Å². The molecule has 3 aliphatic heterocycles. The van der Waals surface area contributed by atoms with Crippen molar-refractivity contribution in [2.24, 2.45) is 0 Å². The number of ether oxygens (including phenoxy) is 5. The van der Waals surface area contributed by atoms with E-state index in [9.17, 15) is 10.2 Å². The summed E-state index contributed by atoms with van der Waals surface area (Å²) in [7, 11) is 3.59. The van der Waals surface area contributed by atoms with Gasteiger partial charge in [-0.3, -0.25) is 0 Å². The summed E-state index contributed by atoms with van der Waals surface area (Å²) in [6.45, 7) is 13.5. The van der Waals surface area contributed by atoms with Crippen molar-refractivity contribution in [2.45, 2.75) is 64.3 Å². The third kappa shape index (κ3) is 14.5. The third-order valence-electron chi connectivity index (χ3n) is 9.88. The Morgan fingerprint density at radius 1 is 0.717 bits per heavy atom. The molecule has 3 fully saturated rings. The van der Waals surface area contributed by atoms with Crippen LogP contribution in [0, 0.1) is 6.92 Å². The molecule has 0 saturated carbocycles. The number of hydrogen-bond donors (Lipinski definition) is 6. The predicted octanol–water partition coefficient (Wildman–Crippen LogP) is 4.17. The fourth-order valence-electron chi connectivity index (χ4n) is 6.75. The number of aromatic nitrogens is 4. The van der Waals surface area contributed by atoms with Crippen LogP contribution in [0.4, 0.5) is 17.5 Å². The fraction of sp³-hybridized carbons (Fsp3) is 0.545. The van der Waals surface area contributed by atoms with Gasteiger partial charge in [0.15, 0.2) is 11.6 Å². The molecule has 7 rings (SSSR count). The van der Waals surface area contributed by atoms with Crippen LogP contribution in [-0.2, 0) is 14.2 Å². The van der Waals surface area contributed by atoms with Crippen LogP contribution in [0.15, 0.2) is 60.8 Å². The maximum atomic E-state index is 9.93. The smallest absolute Gasteiger partial charge is 0.164 e. The maximum absolute atomic E-state index is 9.93. The molecule has 0 spiro atoms. The highest BCUT2D eigenvalue weighted by Crippen LogP contribution is 2.31. The summed E-state index contributed by atoms with van der Waals surface area (Å²) >= 11 is 0. The Morgan fingerprint density at radius 3 is 1.90 bits per heavy atom. The molecule has 0 aliphatic carbocycles. The number of morpholine rings is 1. The minimum Gasteiger partial charge on any atom is -0.491 e. The zero-order valence-electron chi connectivity index (χ0n) is 35.9. The standard InChI is InChI=1S/C23H33N5O4.C19H26N4O3.C2H6/c1-16-21(25-18-6-9-31-14-18)26-22(27-23(16)28-7-10-30-11-8-28)17-4-3-5-20(12-17)32-15-19(29)13-24-2;1-20-12-16(24)13-26-17-4-2-3-14(11-17)19-21-8-5-18(23-19)22-15-6-9-25-10-7-15;1-2/h3-5,12,18-19,24,29H,6-11,13-15H2,1-2H3,(H,25,26,27);2-5,8,11,15-16,20,24H,6-7,9-10,12-13H2,1H3,(H,21,22,23);1-2H3. The van der Waals surface area contributed by atoms with Crippen molar-refractivity contribution in [1.82, 2.24) is 30.6 Å². The van der Waals surface area contributed by atoms with Crippen LogP contribution in [-0.4, -0.2) is 148 Å². The van der Waals surface area contributed by atoms with Gasteiger partial charge in [-0.05, 0) is 70.6 Å². The Labute approximate surface area is 354 Å². The van der Waals surface area contributed by atoms with Crippen molar-refractivity contribution >= 4 is 17.5 Å². The first-order valence-electron chi connectivity index (χ1n) is 21.2. The van der Waals surface area contributed by atoms with E-state index in [1.54, 1.807) is 20.3 Å². The highest BCUT2D eigenvalue weighted by atomic mass is 16.5. The van der Waals surface area contributed by atoms with Crippen LogP contribution in [0.25, 0.3) is 22.8 Å². The lowest BCUT2D eigenvalue weighted by Crippen LogP contribution is -2.37. The average Bonchev–Trinajstić information content (AvgIpc) is 3.81. The van der Waals surface area contributed by atoms with E-state index in [0.717, 1.165) is 86.3 Å². The topological polar surface area (TPSA) is 190 Å². The summed E-state index contributed by atoms with van der Waals surface area (Å²) in [5.41, 5.74) is 2.78. The maximum Gasteiger partial charge on any atom is 0.164 e. The Bertz CT molecular complexity index is 1840. The summed E-state index contributed by atoms with van der Waals surface area (Å²) in [6.07, 6.45) is 3.57. The van der Waals surface area contributed by atoms with Gasteiger partial charge in [-0.1, -0.05) is 38.1 Å². The van der Waals surface area contributed by atoms with Gasteiger partial charge in [0.05, 0.1) is 25.9 Å². The number of likely N-dealkylation sites (N-methyl/N-ethyl adjacent to an activating group) is 2. The number of nitrogens with zero attached hydrogens (tertiary/aromatic N) is 5. The zero-order valence-corrected chi connectivity index (χ0v) is 35.9. The van der Waals surface area contributed by atoms with Crippen molar-refractivity contribution in [3.05, 3.63) is 66.4 Å². The molecule has 16 heteroatoms. The molecule has 3 unspecified atom stereocenters. The molecule has 2 aromatic heterocycles. The molecule has 0 amide bonds. The number of aliphatic hydroxyl groups excluding tert-OH is 2. The van der Waals surface area contributed by atoms with Gasteiger partial charge in [-0.15, -0.1) is 0 Å². The molecule has 4 aromatic rings. The molecule has 6 N–H and O–H groups in total.